The van der Waals surface area contributed by atoms with E-state index in [9.17, 15) is 13.2 Å². The van der Waals surface area contributed by atoms with Gasteiger partial charge in [-0.25, -0.2) is 9.97 Å². The molecule has 0 spiro atoms. The van der Waals surface area contributed by atoms with Crippen LogP contribution >= 0.6 is 0 Å². The van der Waals surface area contributed by atoms with Crippen molar-refractivity contribution >= 4 is 5.95 Å². The minimum atomic E-state index is -4.43. The van der Waals surface area contributed by atoms with Gasteiger partial charge in [-0.05, 0) is 37.8 Å². The summed E-state index contributed by atoms with van der Waals surface area (Å²) in [4.78, 5) is 9.39. The van der Waals surface area contributed by atoms with Gasteiger partial charge in [0, 0.05) is 19.3 Å². The lowest BCUT2D eigenvalue weighted by Crippen LogP contribution is -2.37. The molecule has 1 atom stereocenters. The Morgan fingerprint density at radius 2 is 2.21 bits per heavy atom. The lowest BCUT2D eigenvalue weighted by molar-refractivity contribution is -0.141. The van der Waals surface area contributed by atoms with Crippen LogP contribution in [0, 0.1) is 5.92 Å². The minimum absolute atomic E-state index is 0.163. The molecular weight excluding hydrogens is 257 g/mol. The van der Waals surface area contributed by atoms with E-state index in [1.807, 2.05) is 4.90 Å². The number of alkyl halides is 3. The van der Waals surface area contributed by atoms with Crippen molar-refractivity contribution < 1.29 is 13.2 Å². The third-order valence-corrected chi connectivity index (χ3v) is 3.31. The Morgan fingerprint density at radius 3 is 2.89 bits per heavy atom. The predicted molar refractivity (Wildman–Crippen MR) is 65.6 cm³/mol. The van der Waals surface area contributed by atoms with Crippen molar-refractivity contribution in [2.24, 2.45) is 11.7 Å². The van der Waals surface area contributed by atoms with E-state index in [0.29, 0.717) is 25.6 Å². The molecule has 2 heterocycles. The van der Waals surface area contributed by atoms with Crippen LogP contribution < -0.4 is 10.6 Å². The van der Waals surface area contributed by atoms with Crippen LogP contribution in [-0.4, -0.2) is 29.6 Å². The lowest BCUT2D eigenvalue weighted by atomic mass is 9.95. The normalized spacial score (nSPS) is 20.6. The van der Waals surface area contributed by atoms with Crippen molar-refractivity contribution in [2.45, 2.75) is 25.4 Å². The number of hydrogen-bond acceptors (Lipinski definition) is 4. The molecule has 2 N–H and O–H groups in total. The van der Waals surface area contributed by atoms with E-state index in [0.717, 1.165) is 31.5 Å². The number of nitrogens with zero attached hydrogens (tertiary/aromatic N) is 3. The van der Waals surface area contributed by atoms with Gasteiger partial charge in [0.05, 0.1) is 0 Å². The van der Waals surface area contributed by atoms with E-state index in [1.165, 1.54) is 0 Å². The number of anilines is 1. The Kier molecular flexibility index (Phi) is 4.24. The molecule has 0 radical (unpaired) electrons. The number of rotatable bonds is 3. The molecule has 1 aromatic rings. The van der Waals surface area contributed by atoms with Gasteiger partial charge < -0.3 is 10.6 Å². The second-order valence-corrected chi connectivity index (χ2v) is 4.77. The Labute approximate surface area is 109 Å². The van der Waals surface area contributed by atoms with Crippen molar-refractivity contribution in [3.8, 4) is 0 Å². The molecule has 1 aliphatic rings. The number of nitrogens with two attached hydrogens (primary N) is 1. The monoisotopic (exact) mass is 274 g/mol. The summed E-state index contributed by atoms with van der Waals surface area (Å²) < 4.78 is 37.8. The molecule has 0 aliphatic carbocycles. The highest BCUT2D eigenvalue weighted by Crippen LogP contribution is 2.29. The first-order chi connectivity index (χ1) is 9.00. The van der Waals surface area contributed by atoms with Gasteiger partial charge in [-0.2, -0.15) is 13.2 Å². The molecule has 0 aromatic carbocycles. The fraction of sp³-hybridized carbons (Fsp3) is 0.667. The molecule has 1 saturated heterocycles. The zero-order valence-electron chi connectivity index (χ0n) is 10.5. The SMILES string of the molecule is NCCC1CCCN(c2nccc(C(F)(F)F)n2)C1. The van der Waals surface area contributed by atoms with Gasteiger partial charge in [-0.3, -0.25) is 0 Å². The topological polar surface area (TPSA) is 55.0 Å². The molecule has 1 aliphatic heterocycles. The van der Waals surface area contributed by atoms with E-state index in [1.54, 1.807) is 0 Å². The Hall–Kier alpha value is -1.37. The summed E-state index contributed by atoms with van der Waals surface area (Å²) in [5.74, 6) is 0.577. The Balaban J connectivity index is 2.13. The van der Waals surface area contributed by atoms with Crippen LogP contribution in [0.3, 0.4) is 0 Å². The summed E-state index contributed by atoms with van der Waals surface area (Å²) in [5.41, 5.74) is 4.64. The van der Waals surface area contributed by atoms with Gasteiger partial charge in [0.25, 0.3) is 0 Å². The van der Waals surface area contributed by atoms with E-state index < -0.39 is 11.9 Å². The summed E-state index contributed by atoms with van der Waals surface area (Å²) in [6.45, 7) is 1.98. The predicted octanol–water partition coefficient (Wildman–Crippen LogP) is 2.06. The van der Waals surface area contributed by atoms with Crippen LogP contribution in [0.4, 0.5) is 19.1 Å². The van der Waals surface area contributed by atoms with Gasteiger partial charge in [0.2, 0.25) is 5.95 Å². The van der Waals surface area contributed by atoms with E-state index >= 15 is 0 Å². The molecule has 4 nitrogen and oxygen atoms in total. The second-order valence-electron chi connectivity index (χ2n) is 4.77. The molecule has 7 heteroatoms. The highest BCUT2D eigenvalue weighted by atomic mass is 19.4. The fourth-order valence-corrected chi connectivity index (χ4v) is 2.38. The lowest BCUT2D eigenvalue weighted by Gasteiger charge is -2.32. The zero-order valence-corrected chi connectivity index (χ0v) is 10.5. The molecule has 19 heavy (non-hydrogen) atoms. The first-order valence-electron chi connectivity index (χ1n) is 6.36. The molecule has 1 aromatic heterocycles. The Bertz CT molecular complexity index is 420. The highest BCUT2D eigenvalue weighted by molar-refractivity contribution is 5.31. The van der Waals surface area contributed by atoms with E-state index in [2.05, 4.69) is 9.97 Å². The quantitative estimate of drug-likeness (QED) is 0.916. The van der Waals surface area contributed by atoms with Crippen LogP contribution in [0.15, 0.2) is 12.3 Å². The van der Waals surface area contributed by atoms with Crippen molar-refractivity contribution in [3.05, 3.63) is 18.0 Å². The molecule has 0 amide bonds. The standard InChI is InChI=1S/C12H17F3N4/c13-12(14,15)10-4-6-17-11(18-10)19-7-1-2-9(8-19)3-5-16/h4,6,9H,1-3,5,7-8,16H2. The smallest absolute Gasteiger partial charge is 0.341 e. The summed E-state index contributed by atoms with van der Waals surface area (Å²) in [7, 11) is 0. The van der Waals surface area contributed by atoms with Crippen LogP contribution in [0.2, 0.25) is 0 Å². The van der Waals surface area contributed by atoms with Gasteiger partial charge in [0.1, 0.15) is 5.69 Å². The molecular formula is C12H17F3N4. The van der Waals surface area contributed by atoms with Gasteiger partial charge in [-0.1, -0.05) is 0 Å². The molecule has 1 unspecified atom stereocenters. The number of aromatic nitrogens is 2. The maximum absolute atomic E-state index is 12.6. The zero-order chi connectivity index (χ0) is 13.9. The van der Waals surface area contributed by atoms with Crippen molar-refractivity contribution in [1.29, 1.82) is 0 Å². The van der Waals surface area contributed by atoms with Crippen LogP contribution in [0.25, 0.3) is 0 Å². The number of halogens is 3. The van der Waals surface area contributed by atoms with Crippen molar-refractivity contribution in [1.82, 2.24) is 9.97 Å². The van der Waals surface area contributed by atoms with Crippen LogP contribution in [0.5, 0.6) is 0 Å². The van der Waals surface area contributed by atoms with Gasteiger partial charge >= 0.3 is 6.18 Å². The maximum Gasteiger partial charge on any atom is 0.433 e. The molecule has 1 fully saturated rings. The van der Waals surface area contributed by atoms with Crippen LogP contribution in [0.1, 0.15) is 25.0 Å². The average Bonchev–Trinajstić information content (AvgIpc) is 2.39. The summed E-state index contributed by atoms with van der Waals surface area (Å²) in [6, 6.07) is 0.894. The van der Waals surface area contributed by atoms with Crippen molar-refractivity contribution in [3.63, 3.8) is 0 Å². The first-order valence-corrected chi connectivity index (χ1v) is 6.36. The van der Waals surface area contributed by atoms with Gasteiger partial charge in [0.15, 0.2) is 0 Å². The minimum Gasteiger partial charge on any atom is -0.341 e. The maximum atomic E-state index is 12.6. The largest absolute Gasteiger partial charge is 0.433 e. The first kappa shape index (κ1) is 14.0. The molecule has 2 rings (SSSR count). The third kappa shape index (κ3) is 3.56. The number of hydrogen-bond donors (Lipinski definition) is 1. The Morgan fingerprint density at radius 1 is 1.42 bits per heavy atom. The summed E-state index contributed by atoms with van der Waals surface area (Å²) in [5, 5.41) is 0. The second kappa shape index (κ2) is 5.73. The summed E-state index contributed by atoms with van der Waals surface area (Å²) >= 11 is 0. The molecule has 106 valence electrons. The third-order valence-electron chi connectivity index (χ3n) is 3.31. The van der Waals surface area contributed by atoms with E-state index in [4.69, 9.17) is 5.73 Å². The van der Waals surface area contributed by atoms with Crippen molar-refractivity contribution in [2.75, 3.05) is 24.5 Å². The number of piperidine rings is 1. The van der Waals surface area contributed by atoms with Gasteiger partial charge in [-0.15, -0.1) is 0 Å². The fourth-order valence-electron chi connectivity index (χ4n) is 2.38. The highest BCUT2D eigenvalue weighted by Gasteiger charge is 2.33. The van der Waals surface area contributed by atoms with Crippen LogP contribution in [-0.2, 0) is 6.18 Å². The van der Waals surface area contributed by atoms with E-state index in [-0.39, 0.29) is 5.95 Å². The summed E-state index contributed by atoms with van der Waals surface area (Å²) in [6.07, 6.45) is -0.381. The average molecular weight is 274 g/mol. The molecule has 0 bridgehead atoms. The molecule has 0 saturated carbocycles.